The Balaban J connectivity index is 1.78. The van der Waals surface area contributed by atoms with E-state index in [1.807, 2.05) is 11.9 Å². The van der Waals surface area contributed by atoms with Crippen molar-refractivity contribution in [3.8, 4) is 0 Å². The Morgan fingerprint density at radius 1 is 1.14 bits per heavy atom. The molecule has 1 fully saturated rings. The van der Waals surface area contributed by atoms with Gasteiger partial charge < -0.3 is 29.3 Å². The first-order valence-electron chi connectivity index (χ1n) is 11.2. The van der Waals surface area contributed by atoms with Crippen molar-refractivity contribution in [3.05, 3.63) is 51.8 Å². The van der Waals surface area contributed by atoms with E-state index in [2.05, 4.69) is 14.9 Å². The predicted molar refractivity (Wildman–Crippen MR) is 130 cm³/mol. The molecule has 35 heavy (non-hydrogen) atoms. The smallest absolute Gasteiger partial charge is 0.401 e. The molecule has 2 N–H and O–H groups in total. The summed E-state index contributed by atoms with van der Waals surface area (Å²) in [5.41, 5.74) is 0.944. The number of furan rings is 1. The topological polar surface area (TPSA) is 132 Å². The normalized spacial score (nSPS) is 14.8. The molecule has 186 valence electrons. The number of piperazine rings is 1. The van der Waals surface area contributed by atoms with Crippen LogP contribution in [0.1, 0.15) is 11.6 Å². The van der Waals surface area contributed by atoms with E-state index in [4.69, 9.17) is 4.42 Å². The fourth-order valence-electron chi connectivity index (χ4n) is 4.00. The van der Waals surface area contributed by atoms with Gasteiger partial charge in [0.2, 0.25) is 0 Å². The summed E-state index contributed by atoms with van der Waals surface area (Å²) in [6.45, 7) is 2.99. The zero-order chi connectivity index (χ0) is 24.9. The second kappa shape index (κ2) is 10.8. The van der Waals surface area contributed by atoms with Crippen LogP contribution >= 0.6 is 0 Å². The van der Waals surface area contributed by atoms with Crippen LogP contribution in [0.25, 0.3) is 23.1 Å². The van der Waals surface area contributed by atoms with Crippen molar-refractivity contribution in [3.63, 3.8) is 0 Å². The van der Waals surface area contributed by atoms with E-state index < -0.39 is 10.7 Å². The van der Waals surface area contributed by atoms with Gasteiger partial charge in [0.05, 0.1) is 30.5 Å². The molecule has 3 aromatic rings. The number of nitrogens with zero attached hydrogens (tertiary/aromatic N) is 6. The van der Waals surface area contributed by atoms with E-state index in [1.54, 1.807) is 17.0 Å². The van der Waals surface area contributed by atoms with Crippen LogP contribution in [0.2, 0.25) is 0 Å². The SMILES string of the molecule is CN1CCN(c2cc3nc(C=Cc4ccc([N+](=O)[O-])o4)nc(N(CCO)CCO)c3cc2F)CC1. The average molecular weight is 487 g/mol. The molecule has 2 aromatic heterocycles. The standard InChI is InChI=1S/C23H27FN6O5/c1-27-6-8-28(9-7-27)20-15-19-17(14-18(20)24)23(29(10-12-31)11-13-32)26-21(25-19)4-2-16-3-5-22(35-16)30(33)34/h2-5,14-15,31-32H,6-13H2,1H3. The Morgan fingerprint density at radius 3 is 2.49 bits per heavy atom. The molecule has 0 atom stereocenters. The molecular formula is C23H27FN6O5. The van der Waals surface area contributed by atoms with Crippen LogP contribution in [-0.2, 0) is 0 Å². The Morgan fingerprint density at radius 2 is 1.86 bits per heavy atom. The number of hydrogen-bond donors (Lipinski definition) is 2. The van der Waals surface area contributed by atoms with Crippen LogP contribution in [0.5, 0.6) is 0 Å². The van der Waals surface area contributed by atoms with Gasteiger partial charge in [0, 0.05) is 44.7 Å². The van der Waals surface area contributed by atoms with Crippen molar-refractivity contribution in [2.24, 2.45) is 0 Å². The molecule has 3 heterocycles. The van der Waals surface area contributed by atoms with Gasteiger partial charge in [-0.05, 0) is 37.4 Å². The summed E-state index contributed by atoms with van der Waals surface area (Å²) in [6.07, 6.45) is 3.05. The van der Waals surface area contributed by atoms with Gasteiger partial charge in [0.15, 0.2) is 5.82 Å². The number of fused-ring (bicyclic) bond motifs is 1. The Bertz CT molecular complexity index is 1220. The van der Waals surface area contributed by atoms with E-state index >= 15 is 4.39 Å². The Hall–Kier alpha value is -3.61. The minimum Gasteiger partial charge on any atom is -0.401 e. The van der Waals surface area contributed by atoms with Gasteiger partial charge in [-0.3, -0.25) is 10.1 Å². The molecule has 1 aromatic carbocycles. The third-order valence-corrected chi connectivity index (χ3v) is 5.83. The molecule has 1 aliphatic heterocycles. The maximum atomic E-state index is 15.2. The van der Waals surface area contributed by atoms with Crippen LogP contribution in [0.15, 0.2) is 28.7 Å². The number of rotatable bonds is 9. The van der Waals surface area contributed by atoms with Crippen molar-refractivity contribution in [2.75, 3.05) is 69.3 Å². The van der Waals surface area contributed by atoms with E-state index in [-0.39, 0.29) is 43.8 Å². The lowest BCUT2D eigenvalue weighted by atomic mass is 10.1. The third-order valence-electron chi connectivity index (χ3n) is 5.83. The quantitative estimate of drug-likeness (QED) is 0.342. The van der Waals surface area contributed by atoms with E-state index in [0.717, 1.165) is 13.1 Å². The van der Waals surface area contributed by atoms with Gasteiger partial charge in [-0.2, -0.15) is 0 Å². The fraction of sp³-hybridized carbons (Fsp3) is 0.391. The van der Waals surface area contributed by atoms with Crippen molar-refractivity contribution in [1.29, 1.82) is 0 Å². The largest absolute Gasteiger partial charge is 0.433 e. The number of nitro groups is 1. The number of aliphatic hydroxyl groups is 2. The highest BCUT2D eigenvalue weighted by atomic mass is 19.1. The summed E-state index contributed by atoms with van der Waals surface area (Å²) >= 11 is 0. The van der Waals surface area contributed by atoms with Crippen molar-refractivity contribution < 1.29 is 23.9 Å². The monoisotopic (exact) mass is 486 g/mol. The number of aliphatic hydroxyl groups excluding tert-OH is 2. The predicted octanol–water partition coefficient (Wildman–Crippen LogP) is 1.98. The minimum absolute atomic E-state index is 0.183. The molecule has 12 heteroatoms. The molecule has 1 aliphatic rings. The molecule has 0 saturated carbocycles. The first-order chi connectivity index (χ1) is 16.9. The number of hydrogen-bond acceptors (Lipinski definition) is 10. The molecule has 11 nitrogen and oxygen atoms in total. The van der Waals surface area contributed by atoms with Crippen molar-refractivity contribution in [1.82, 2.24) is 14.9 Å². The van der Waals surface area contributed by atoms with Crippen molar-refractivity contribution in [2.45, 2.75) is 0 Å². The van der Waals surface area contributed by atoms with Crippen molar-refractivity contribution >= 4 is 40.4 Å². The molecule has 0 spiro atoms. The molecule has 0 aliphatic carbocycles. The summed E-state index contributed by atoms with van der Waals surface area (Å²) in [6, 6.07) is 5.79. The molecule has 0 amide bonds. The van der Waals surface area contributed by atoms with Gasteiger partial charge >= 0.3 is 5.88 Å². The number of anilines is 2. The summed E-state index contributed by atoms with van der Waals surface area (Å²) in [5, 5.41) is 30.4. The van der Waals surface area contributed by atoms with Crippen LogP contribution in [0.4, 0.5) is 21.8 Å². The molecule has 1 saturated heterocycles. The summed E-state index contributed by atoms with van der Waals surface area (Å²) < 4.78 is 20.4. The molecule has 0 bridgehead atoms. The number of benzene rings is 1. The number of aromatic nitrogens is 2. The Kier molecular flexibility index (Phi) is 7.54. The maximum absolute atomic E-state index is 15.2. The summed E-state index contributed by atoms with van der Waals surface area (Å²) in [5.74, 6) is 0.109. The van der Waals surface area contributed by atoms with Gasteiger partial charge in [0.25, 0.3) is 0 Å². The van der Waals surface area contributed by atoms with Gasteiger partial charge in [-0.15, -0.1) is 0 Å². The third kappa shape index (κ3) is 5.56. The highest BCUT2D eigenvalue weighted by Gasteiger charge is 2.21. The lowest BCUT2D eigenvalue weighted by molar-refractivity contribution is -0.402. The van der Waals surface area contributed by atoms with E-state index in [0.29, 0.717) is 35.5 Å². The fourth-order valence-corrected chi connectivity index (χ4v) is 4.00. The number of likely N-dealkylation sites (N-methyl/N-ethyl adjacent to an activating group) is 1. The molecule has 4 rings (SSSR count). The lowest BCUT2D eigenvalue weighted by Crippen LogP contribution is -2.44. The highest BCUT2D eigenvalue weighted by molar-refractivity contribution is 5.93. The lowest BCUT2D eigenvalue weighted by Gasteiger charge is -2.34. The highest BCUT2D eigenvalue weighted by Crippen LogP contribution is 2.31. The van der Waals surface area contributed by atoms with Gasteiger partial charge in [-0.1, -0.05) is 0 Å². The zero-order valence-corrected chi connectivity index (χ0v) is 19.3. The molecular weight excluding hydrogens is 459 g/mol. The molecule has 0 radical (unpaired) electrons. The maximum Gasteiger partial charge on any atom is 0.433 e. The first-order valence-corrected chi connectivity index (χ1v) is 11.2. The van der Waals surface area contributed by atoms with E-state index in [9.17, 15) is 20.3 Å². The second-order valence-corrected chi connectivity index (χ2v) is 8.22. The molecule has 0 unspecified atom stereocenters. The first kappa shape index (κ1) is 24.5. The van der Waals surface area contributed by atoms with E-state index in [1.165, 1.54) is 24.3 Å². The average Bonchev–Trinajstić information content (AvgIpc) is 3.32. The summed E-state index contributed by atoms with van der Waals surface area (Å²) in [4.78, 5) is 25.2. The second-order valence-electron chi connectivity index (χ2n) is 8.22. The zero-order valence-electron chi connectivity index (χ0n) is 19.3. The van der Waals surface area contributed by atoms with Crippen LogP contribution in [-0.4, -0.2) is 89.5 Å². The minimum atomic E-state index is -0.627. The van der Waals surface area contributed by atoms with Gasteiger partial charge in [0.1, 0.15) is 22.3 Å². The van der Waals surface area contributed by atoms with Crippen LogP contribution in [0, 0.1) is 15.9 Å². The Labute approximate surface area is 200 Å². The van der Waals surface area contributed by atoms with Crippen LogP contribution < -0.4 is 9.80 Å². The number of halogens is 1. The van der Waals surface area contributed by atoms with Gasteiger partial charge in [-0.25, -0.2) is 14.4 Å². The van der Waals surface area contributed by atoms with Crippen LogP contribution in [0.3, 0.4) is 0 Å². The summed E-state index contributed by atoms with van der Waals surface area (Å²) in [7, 11) is 2.02.